The molecule has 1 N–H and O–H groups in total. The Morgan fingerprint density at radius 3 is 1.94 bits per heavy atom. The molecule has 0 amide bonds. The predicted octanol–water partition coefficient (Wildman–Crippen LogP) is 7.62. The summed E-state index contributed by atoms with van der Waals surface area (Å²) in [5, 5.41) is 4.30. The summed E-state index contributed by atoms with van der Waals surface area (Å²) in [5.41, 5.74) is 2.54. The second-order valence-electron chi connectivity index (χ2n) is 12.5. The quantitative estimate of drug-likeness (QED) is 0.140. The van der Waals surface area contributed by atoms with Crippen molar-refractivity contribution in [2.45, 2.75) is 146 Å². The largest absolute Gasteiger partial charge is 0.418 e. The molecule has 2 saturated carbocycles. The standard InChI is InChI=1S/C28H51Cl2N3OSi/c1-19-11-7-13-22(29)27(19)31-21(3)24-15-9-16-25(32-24)26(17-10-18-34-35(4,5)6)33-28-20(2)12-8-14-23(28)30/h19-20,22-25,27-28,32H,7-18H2,1-6H3. The normalized spacial score (nSPS) is 37.9. The number of hydrogen-bond donors (Lipinski definition) is 1. The minimum Gasteiger partial charge on any atom is -0.418 e. The smallest absolute Gasteiger partial charge is 0.183 e. The maximum Gasteiger partial charge on any atom is 0.183 e. The van der Waals surface area contributed by atoms with Crippen LogP contribution in [0.15, 0.2) is 9.98 Å². The summed E-state index contributed by atoms with van der Waals surface area (Å²) < 4.78 is 6.17. The van der Waals surface area contributed by atoms with Crippen molar-refractivity contribution < 1.29 is 4.43 Å². The maximum atomic E-state index is 6.82. The molecule has 0 aromatic heterocycles. The molecule has 0 aromatic rings. The predicted molar refractivity (Wildman–Crippen MR) is 157 cm³/mol. The van der Waals surface area contributed by atoms with Crippen LogP contribution in [0.4, 0.5) is 0 Å². The number of nitrogens with one attached hydrogen (secondary N) is 1. The summed E-state index contributed by atoms with van der Waals surface area (Å²) in [7, 11) is -1.50. The SMILES string of the molecule is CC(=NC1C(C)CCCC1Cl)C1CCCC(C(CCCO[Si](C)(C)C)=NC2C(C)CCCC2Cl)N1. The van der Waals surface area contributed by atoms with Gasteiger partial charge in [-0.1, -0.05) is 26.7 Å². The van der Waals surface area contributed by atoms with Crippen LogP contribution in [0.2, 0.25) is 19.6 Å². The third-order valence-corrected chi connectivity index (χ3v) is 10.3. The fourth-order valence-electron chi connectivity index (χ4n) is 6.09. The van der Waals surface area contributed by atoms with Crippen LogP contribution in [0.5, 0.6) is 0 Å². The van der Waals surface area contributed by atoms with Gasteiger partial charge in [0.2, 0.25) is 0 Å². The molecule has 3 aliphatic rings. The van der Waals surface area contributed by atoms with Crippen molar-refractivity contribution in [1.82, 2.24) is 5.32 Å². The first-order valence-corrected chi connectivity index (χ1v) is 18.6. The highest BCUT2D eigenvalue weighted by Crippen LogP contribution is 2.33. The average molecular weight is 545 g/mol. The van der Waals surface area contributed by atoms with E-state index in [-0.39, 0.29) is 22.8 Å². The Labute approximate surface area is 226 Å². The lowest BCUT2D eigenvalue weighted by molar-refractivity contribution is 0.305. The Balaban J connectivity index is 1.73. The zero-order chi connectivity index (χ0) is 25.6. The highest BCUT2D eigenvalue weighted by atomic mass is 35.5. The Morgan fingerprint density at radius 1 is 0.829 bits per heavy atom. The number of nitrogens with zero attached hydrogens (tertiary/aromatic N) is 2. The third kappa shape index (κ3) is 9.09. The summed E-state index contributed by atoms with van der Waals surface area (Å²) in [6.45, 7) is 14.5. The second kappa shape index (κ2) is 13.7. The number of aliphatic imine (C=N–C) groups is 2. The van der Waals surface area contributed by atoms with Crippen molar-refractivity contribution in [3.8, 4) is 0 Å². The summed E-state index contributed by atoms with van der Waals surface area (Å²) in [5.74, 6) is 1.12. The third-order valence-electron chi connectivity index (χ3n) is 8.26. The number of rotatable bonds is 9. The van der Waals surface area contributed by atoms with Gasteiger partial charge in [0.1, 0.15) is 0 Å². The van der Waals surface area contributed by atoms with E-state index in [4.69, 9.17) is 37.6 Å². The van der Waals surface area contributed by atoms with Crippen molar-refractivity contribution in [2.24, 2.45) is 21.8 Å². The van der Waals surface area contributed by atoms with Gasteiger partial charge in [-0.15, -0.1) is 23.2 Å². The van der Waals surface area contributed by atoms with Crippen LogP contribution in [0, 0.1) is 11.8 Å². The van der Waals surface area contributed by atoms with E-state index in [2.05, 4.69) is 45.7 Å². The van der Waals surface area contributed by atoms with Gasteiger partial charge in [-0.3, -0.25) is 9.98 Å². The topological polar surface area (TPSA) is 46.0 Å². The molecular formula is C28H51Cl2N3OSi. The molecule has 1 saturated heterocycles. The molecule has 0 spiro atoms. The molecule has 0 bridgehead atoms. The maximum absolute atomic E-state index is 6.82. The molecule has 1 aliphatic heterocycles. The van der Waals surface area contributed by atoms with E-state index in [9.17, 15) is 0 Å². The van der Waals surface area contributed by atoms with E-state index >= 15 is 0 Å². The first-order valence-electron chi connectivity index (χ1n) is 14.3. The Kier molecular flexibility index (Phi) is 11.6. The highest BCUT2D eigenvalue weighted by Gasteiger charge is 2.33. The molecule has 2 aliphatic carbocycles. The van der Waals surface area contributed by atoms with Crippen LogP contribution in [0.25, 0.3) is 0 Å². The van der Waals surface area contributed by atoms with Gasteiger partial charge < -0.3 is 9.74 Å². The van der Waals surface area contributed by atoms with Crippen molar-refractivity contribution in [2.75, 3.05) is 6.61 Å². The minimum absolute atomic E-state index is 0.156. The molecule has 3 fully saturated rings. The molecule has 1 heterocycles. The van der Waals surface area contributed by atoms with Crippen LogP contribution < -0.4 is 5.32 Å². The molecule has 8 atom stereocenters. The van der Waals surface area contributed by atoms with Crippen molar-refractivity contribution in [3.63, 3.8) is 0 Å². The summed E-state index contributed by atoms with van der Waals surface area (Å²) in [6, 6.07) is 1.10. The van der Waals surface area contributed by atoms with Crippen LogP contribution in [0.1, 0.15) is 91.4 Å². The zero-order valence-corrected chi connectivity index (χ0v) is 25.7. The van der Waals surface area contributed by atoms with Gasteiger partial charge in [-0.2, -0.15) is 0 Å². The van der Waals surface area contributed by atoms with Crippen LogP contribution in [-0.2, 0) is 4.43 Å². The van der Waals surface area contributed by atoms with Crippen LogP contribution in [0.3, 0.4) is 0 Å². The van der Waals surface area contributed by atoms with E-state index in [1.54, 1.807) is 0 Å². The molecule has 7 heteroatoms. The summed E-state index contributed by atoms with van der Waals surface area (Å²) in [6.07, 6.45) is 12.6. The molecule has 3 rings (SSSR count). The number of hydrogen-bond acceptors (Lipinski definition) is 4. The number of piperidine rings is 1. The van der Waals surface area contributed by atoms with E-state index < -0.39 is 8.32 Å². The van der Waals surface area contributed by atoms with Crippen LogP contribution in [-0.4, -0.2) is 61.3 Å². The fourth-order valence-corrected chi connectivity index (χ4v) is 7.76. The Morgan fingerprint density at radius 2 is 1.37 bits per heavy atom. The van der Waals surface area contributed by atoms with Gasteiger partial charge in [-0.25, -0.2) is 0 Å². The molecule has 202 valence electrons. The summed E-state index contributed by atoms with van der Waals surface area (Å²) >= 11 is 13.5. The van der Waals surface area contributed by atoms with Crippen molar-refractivity contribution in [1.29, 1.82) is 0 Å². The van der Waals surface area contributed by atoms with Gasteiger partial charge in [0.25, 0.3) is 0 Å². The lowest BCUT2D eigenvalue weighted by Gasteiger charge is -2.36. The summed E-state index contributed by atoms with van der Waals surface area (Å²) in [4.78, 5) is 10.6. The monoisotopic (exact) mass is 543 g/mol. The minimum atomic E-state index is -1.50. The lowest BCUT2D eigenvalue weighted by Crippen LogP contribution is -2.51. The van der Waals surface area contributed by atoms with Gasteiger partial charge in [0.15, 0.2) is 8.32 Å². The second-order valence-corrected chi connectivity index (χ2v) is 18.1. The van der Waals surface area contributed by atoms with Gasteiger partial charge >= 0.3 is 0 Å². The molecule has 0 radical (unpaired) electrons. The van der Waals surface area contributed by atoms with E-state index in [0.29, 0.717) is 23.9 Å². The van der Waals surface area contributed by atoms with E-state index in [1.807, 2.05) is 0 Å². The van der Waals surface area contributed by atoms with Crippen molar-refractivity contribution in [3.05, 3.63) is 0 Å². The van der Waals surface area contributed by atoms with Crippen LogP contribution >= 0.6 is 23.2 Å². The molecule has 4 nitrogen and oxygen atoms in total. The molecule has 8 unspecified atom stereocenters. The highest BCUT2D eigenvalue weighted by molar-refractivity contribution is 6.69. The Hall–Kier alpha value is 0.0569. The average Bonchev–Trinajstić information content (AvgIpc) is 2.79. The lowest BCUT2D eigenvalue weighted by atomic mass is 9.84. The fraction of sp³-hybridized carbons (Fsp3) is 0.929. The molecular weight excluding hydrogens is 493 g/mol. The first kappa shape index (κ1) is 29.6. The zero-order valence-electron chi connectivity index (χ0n) is 23.2. The molecule has 35 heavy (non-hydrogen) atoms. The first-order chi connectivity index (χ1) is 16.5. The van der Waals surface area contributed by atoms with E-state index in [0.717, 1.165) is 45.1 Å². The number of halogens is 2. The van der Waals surface area contributed by atoms with Gasteiger partial charge in [0, 0.05) is 30.1 Å². The van der Waals surface area contributed by atoms with Crippen molar-refractivity contribution >= 4 is 42.9 Å². The number of alkyl halides is 2. The van der Waals surface area contributed by atoms with Gasteiger partial charge in [0.05, 0.1) is 22.8 Å². The Bertz CT molecular complexity index is 705. The molecule has 0 aromatic carbocycles. The van der Waals surface area contributed by atoms with E-state index in [1.165, 1.54) is 43.5 Å². The van der Waals surface area contributed by atoms with Gasteiger partial charge in [-0.05, 0) is 96.2 Å².